The second-order valence-electron chi connectivity index (χ2n) is 9.38. The van der Waals surface area contributed by atoms with Gasteiger partial charge in [0.25, 0.3) is 0 Å². The van der Waals surface area contributed by atoms with Crippen molar-refractivity contribution < 1.29 is 24.2 Å². The molecule has 0 bridgehead atoms. The highest BCUT2D eigenvalue weighted by atomic mass is 32.2. The van der Waals surface area contributed by atoms with Crippen LogP contribution in [0.1, 0.15) is 32.3 Å². The van der Waals surface area contributed by atoms with Crippen molar-refractivity contribution in [3.63, 3.8) is 0 Å². The molecule has 0 spiro atoms. The van der Waals surface area contributed by atoms with Crippen LogP contribution in [0.2, 0.25) is 0 Å². The van der Waals surface area contributed by atoms with Crippen LogP contribution >= 0.6 is 11.8 Å². The van der Waals surface area contributed by atoms with Crippen LogP contribution in [-0.4, -0.2) is 85.8 Å². The lowest BCUT2D eigenvalue weighted by Gasteiger charge is -2.19. The third kappa shape index (κ3) is 9.19. The molecule has 0 aliphatic heterocycles. The van der Waals surface area contributed by atoms with Gasteiger partial charge in [-0.1, -0.05) is 25.5 Å². The Bertz CT molecular complexity index is 1430. The first-order valence-electron chi connectivity index (χ1n) is 13.4. The van der Waals surface area contributed by atoms with E-state index in [0.717, 1.165) is 18.4 Å². The Balaban J connectivity index is 1.59. The molecule has 3 rings (SSSR count). The third-order valence-electron chi connectivity index (χ3n) is 6.01. The average Bonchev–Trinajstić information content (AvgIpc) is 3.27. The summed E-state index contributed by atoms with van der Waals surface area (Å²) in [4.78, 5) is 59.9. The lowest BCUT2D eigenvalue weighted by molar-refractivity contribution is -0.140. The van der Waals surface area contributed by atoms with Crippen molar-refractivity contribution >= 4 is 58.2 Å². The predicted molar refractivity (Wildman–Crippen MR) is 161 cm³/mol. The molecule has 0 saturated heterocycles. The number of benzene rings is 1. The molecule has 0 aliphatic carbocycles. The van der Waals surface area contributed by atoms with Gasteiger partial charge < -0.3 is 42.2 Å². The first-order chi connectivity index (χ1) is 20.1. The van der Waals surface area contributed by atoms with Crippen LogP contribution in [0.15, 0.2) is 29.1 Å². The lowest BCUT2D eigenvalue weighted by atomic mass is 10.2. The maximum Gasteiger partial charge on any atom is 0.328 e. The van der Waals surface area contributed by atoms with E-state index in [4.69, 9.17) is 16.2 Å². The van der Waals surface area contributed by atoms with Crippen LogP contribution in [0.4, 0.5) is 17.5 Å². The van der Waals surface area contributed by atoms with Crippen molar-refractivity contribution in [2.24, 2.45) is 5.73 Å². The number of unbranched alkanes of at least 4 members (excludes halogenated alkanes) is 1. The van der Waals surface area contributed by atoms with E-state index in [0.29, 0.717) is 35.1 Å². The number of imidazole rings is 1. The van der Waals surface area contributed by atoms with Crippen molar-refractivity contribution in [1.82, 2.24) is 24.8 Å². The number of aromatic nitrogens is 4. The molecule has 0 unspecified atom stereocenters. The minimum atomic E-state index is -1.22. The number of fused-ring (bicyclic) bond motifs is 1. The van der Waals surface area contributed by atoms with Gasteiger partial charge in [-0.25, -0.2) is 4.79 Å². The molecule has 1 aromatic carbocycles. The van der Waals surface area contributed by atoms with E-state index in [1.54, 1.807) is 24.3 Å². The standard InChI is InChI=1S/C26H37N9O6S/c1-3-4-9-29-25-33-21(28)20-22(34-25)35(26(40)32-20)12-16-5-7-17(8-6-16)30-24(39)19(13-36)31-23(38)18(27)14-42-11-10-41-15(2)37/h5-8,18-19,36H,3-4,9-14,27H2,1-2H3,(H,30,39)(H,31,38)(H,32,40)(H3,28,29,33,34)/t18-,19+/m1/s1. The Hall–Kier alpha value is -4.15. The SMILES string of the molecule is CCCCNc1nc(N)c2[nH]c(=O)n(Cc3ccc(NC(=O)[C@H](CO)NC(=O)[C@H](N)CSCCOC(C)=O)cc3)c2n1. The summed E-state index contributed by atoms with van der Waals surface area (Å²) in [5, 5.41) is 17.9. The lowest BCUT2D eigenvalue weighted by Crippen LogP contribution is -2.52. The van der Waals surface area contributed by atoms with Gasteiger partial charge in [0, 0.05) is 30.7 Å². The fourth-order valence-corrected chi connectivity index (χ4v) is 4.54. The predicted octanol–water partition coefficient (Wildman–Crippen LogP) is 0.00130. The van der Waals surface area contributed by atoms with Crippen molar-refractivity contribution in [2.75, 3.05) is 47.6 Å². The van der Waals surface area contributed by atoms with Gasteiger partial charge in [0.05, 0.1) is 19.2 Å². The minimum absolute atomic E-state index is 0.164. The zero-order valence-electron chi connectivity index (χ0n) is 23.5. The highest BCUT2D eigenvalue weighted by molar-refractivity contribution is 7.99. The molecule has 2 aromatic heterocycles. The molecular formula is C26H37N9O6S. The number of anilines is 3. The first-order valence-corrected chi connectivity index (χ1v) is 14.6. The van der Waals surface area contributed by atoms with Gasteiger partial charge >= 0.3 is 11.7 Å². The number of nitrogens with one attached hydrogen (secondary N) is 4. The number of nitrogens with two attached hydrogens (primary N) is 2. The molecular weight excluding hydrogens is 566 g/mol. The fraction of sp³-hybridized carbons (Fsp3) is 0.462. The molecule has 15 nitrogen and oxygen atoms in total. The monoisotopic (exact) mass is 603 g/mol. The number of nitrogens with zero attached hydrogens (tertiary/aromatic N) is 3. The molecule has 0 saturated carbocycles. The summed E-state index contributed by atoms with van der Waals surface area (Å²) in [6.45, 7) is 3.81. The number of rotatable bonds is 16. The van der Waals surface area contributed by atoms with Gasteiger partial charge in [-0.3, -0.25) is 19.0 Å². The van der Waals surface area contributed by atoms with E-state index in [2.05, 4.69) is 37.8 Å². The smallest absolute Gasteiger partial charge is 0.328 e. The highest BCUT2D eigenvalue weighted by Gasteiger charge is 2.23. The van der Waals surface area contributed by atoms with Gasteiger partial charge in [0.2, 0.25) is 17.8 Å². The number of carbonyl (C=O) groups excluding carboxylic acids is 3. The van der Waals surface area contributed by atoms with E-state index in [9.17, 15) is 24.3 Å². The maximum absolute atomic E-state index is 12.7. The number of hydrogen-bond donors (Lipinski definition) is 7. The van der Waals surface area contributed by atoms with Gasteiger partial charge in [0.15, 0.2) is 11.5 Å². The van der Waals surface area contributed by atoms with Gasteiger partial charge in [0.1, 0.15) is 18.2 Å². The number of thioether (sulfide) groups is 1. The van der Waals surface area contributed by atoms with Crippen LogP contribution in [0.3, 0.4) is 0 Å². The van der Waals surface area contributed by atoms with E-state index >= 15 is 0 Å². The summed E-state index contributed by atoms with van der Waals surface area (Å²) >= 11 is 1.32. The molecule has 9 N–H and O–H groups in total. The van der Waals surface area contributed by atoms with Crippen LogP contribution in [0.5, 0.6) is 0 Å². The number of ether oxygens (including phenoxy) is 1. The second-order valence-corrected chi connectivity index (χ2v) is 10.5. The summed E-state index contributed by atoms with van der Waals surface area (Å²) in [5.41, 5.74) is 13.4. The number of aliphatic hydroxyl groups excluding tert-OH is 1. The van der Waals surface area contributed by atoms with Crippen LogP contribution in [-0.2, 0) is 25.7 Å². The van der Waals surface area contributed by atoms with Gasteiger partial charge in [-0.15, -0.1) is 0 Å². The second kappa shape index (κ2) is 15.7. The number of nitrogen functional groups attached to an aromatic ring is 1. The molecule has 0 fully saturated rings. The molecule has 16 heteroatoms. The van der Waals surface area contributed by atoms with E-state index in [1.807, 2.05) is 0 Å². The Kier molecular flexibility index (Phi) is 12.1. The highest BCUT2D eigenvalue weighted by Crippen LogP contribution is 2.18. The largest absolute Gasteiger partial charge is 0.465 e. The quantitative estimate of drug-likeness (QED) is 0.0847. The normalized spacial score (nSPS) is 12.5. The molecule has 2 atom stereocenters. The number of amides is 2. The maximum atomic E-state index is 12.7. The number of esters is 1. The van der Waals surface area contributed by atoms with E-state index in [1.165, 1.54) is 23.3 Å². The fourth-order valence-electron chi connectivity index (χ4n) is 3.76. The number of aliphatic hydroxyl groups is 1. The summed E-state index contributed by atoms with van der Waals surface area (Å²) in [6.07, 6.45) is 1.93. The van der Waals surface area contributed by atoms with Crippen LogP contribution in [0, 0.1) is 0 Å². The molecule has 0 aliphatic rings. The Morgan fingerprint density at radius 2 is 1.93 bits per heavy atom. The van der Waals surface area contributed by atoms with Crippen LogP contribution in [0.25, 0.3) is 11.2 Å². The first kappa shape index (κ1) is 32.4. The van der Waals surface area contributed by atoms with Crippen molar-refractivity contribution in [3.8, 4) is 0 Å². The Labute approximate surface area is 246 Å². The summed E-state index contributed by atoms with van der Waals surface area (Å²) in [5.74, 6) is -0.411. The van der Waals surface area contributed by atoms with E-state index < -0.39 is 36.2 Å². The minimum Gasteiger partial charge on any atom is -0.465 e. The Morgan fingerprint density at radius 1 is 1.19 bits per heavy atom. The third-order valence-corrected chi connectivity index (χ3v) is 7.06. The van der Waals surface area contributed by atoms with Gasteiger partial charge in [-0.2, -0.15) is 21.7 Å². The number of H-pyrrole nitrogens is 1. The number of carbonyl (C=O) groups is 3. The van der Waals surface area contributed by atoms with Crippen molar-refractivity contribution in [3.05, 3.63) is 40.3 Å². The molecule has 2 heterocycles. The topological polar surface area (TPSA) is 232 Å². The summed E-state index contributed by atoms with van der Waals surface area (Å²) in [6, 6.07) is 4.57. The molecule has 3 aromatic rings. The zero-order chi connectivity index (χ0) is 30.6. The molecule has 2 amide bonds. The van der Waals surface area contributed by atoms with Crippen molar-refractivity contribution in [1.29, 1.82) is 0 Å². The van der Waals surface area contributed by atoms with Gasteiger partial charge in [-0.05, 0) is 24.1 Å². The molecule has 228 valence electrons. The van der Waals surface area contributed by atoms with Crippen LogP contribution < -0.4 is 33.1 Å². The molecule has 42 heavy (non-hydrogen) atoms. The van der Waals surface area contributed by atoms with Crippen molar-refractivity contribution in [2.45, 2.75) is 45.3 Å². The number of hydrogen-bond acceptors (Lipinski definition) is 12. The zero-order valence-corrected chi connectivity index (χ0v) is 24.3. The molecule has 0 radical (unpaired) electrons. The Morgan fingerprint density at radius 3 is 2.60 bits per heavy atom. The van der Waals surface area contributed by atoms with E-state index in [-0.39, 0.29) is 30.7 Å². The summed E-state index contributed by atoms with van der Waals surface area (Å²) in [7, 11) is 0. The average molecular weight is 604 g/mol. The number of aromatic amines is 1. The summed E-state index contributed by atoms with van der Waals surface area (Å²) < 4.78 is 6.26.